The fourth-order valence-corrected chi connectivity index (χ4v) is 10.8. The summed E-state index contributed by atoms with van der Waals surface area (Å²) in [5, 5.41) is 10.5. The third-order valence-corrected chi connectivity index (χ3v) is 16.2. The van der Waals surface area contributed by atoms with Crippen molar-refractivity contribution in [3.8, 4) is 0 Å². The van der Waals surface area contributed by atoms with Crippen LogP contribution in [0.1, 0.15) is 299 Å². The van der Waals surface area contributed by atoms with Crippen molar-refractivity contribution >= 4 is 39.5 Å². The molecular weight excluding hydrogens is 1090 g/mol. The minimum Gasteiger partial charge on any atom is -0.462 e. The summed E-state index contributed by atoms with van der Waals surface area (Å²) in [4.78, 5) is 72.1. The van der Waals surface area contributed by atoms with Crippen LogP contribution in [0.25, 0.3) is 0 Å². The quantitative estimate of drug-likeness (QED) is 0.0222. The summed E-state index contributed by atoms with van der Waals surface area (Å²) >= 11 is 0. The van der Waals surface area contributed by atoms with Gasteiger partial charge < -0.3 is 33.8 Å². The van der Waals surface area contributed by atoms with E-state index in [-0.39, 0.29) is 25.7 Å². The average Bonchev–Trinajstić information content (AvgIpc) is 3.43. The Morgan fingerprint density at radius 3 is 0.756 bits per heavy atom. The Morgan fingerprint density at radius 2 is 0.512 bits per heavy atom. The predicted octanol–water partition coefficient (Wildman–Crippen LogP) is 17.0. The van der Waals surface area contributed by atoms with E-state index in [1.807, 2.05) is 0 Å². The fourth-order valence-electron chi connectivity index (χ4n) is 9.25. The number of carbonyl (C=O) groups is 4. The van der Waals surface area contributed by atoms with E-state index >= 15 is 0 Å². The van der Waals surface area contributed by atoms with Crippen LogP contribution in [0.15, 0.2) is 0 Å². The summed E-state index contributed by atoms with van der Waals surface area (Å²) in [7, 11) is -9.89. The van der Waals surface area contributed by atoms with E-state index in [0.29, 0.717) is 31.6 Å². The Kier molecular flexibility index (Phi) is 52.0. The molecule has 3 unspecified atom stereocenters. The van der Waals surface area contributed by atoms with Crippen molar-refractivity contribution in [3.63, 3.8) is 0 Å². The first-order chi connectivity index (χ1) is 39.1. The Labute approximate surface area is 498 Å². The molecule has 0 fully saturated rings. The highest BCUT2D eigenvalue weighted by atomic mass is 31.2. The van der Waals surface area contributed by atoms with Crippen LogP contribution >= 0.6 is 15.6 Å². The van der Waals surface area contributed by atoms with E-state index in [9.17, 15) is 43.2 Å². The normalized spacial score (nSPS) is 14.5. The van der Waals surface area contributed by atoms with Gasteiger partial charge in [0.1, 0.15) is 19.3 Å². The molecule has 0 aliphatic rings. The zero-order valence-corrected chi connectivity index (χ0v) is 54.9. The minimum atomic E-state index is -4.94. The Morgan fingerprint density at radius 1 is 0.305 bits per heavy atom. The molecule has 0 rings (SSSR count). The number of aliphatic hydroxyl groups is 1. The molecule has 17 nitrogen and oxygen atoms in total. The Balaban J connectivity index is 5.24. The second-order valence-electron chi connectivity index (χ2n) is 24.7. The van der Waals surface area contributed by atoms with Crippen LogP contribution in [0.4, 0.5) is 0 Å². The van der Waals surface area contributed by atoms with Gasteiger partial charge in [0.05, 0.1) is 26.4 Å². The van der Waals surface area contributed by atoms with Gasteiger partial charge in [-0.2, -0.15) is 0 Å². The SMILES string of the molecule is CC(C)CCCCCCCCCCC(=O)OC[C@H](COP(=O)(O)OCC(O)COP(=O)(O)OC[C@@H](COC(=O)CCCCCCCCCCC(C)C)OC(=O)CCCCCCCCC(C)C)OC(=O)CCCCCCCCCCC(C)C. The topological polar surface area (TPSA) is 237 Å². The summed E-state index contributed by atoms with van der Waals surface area (Å²) in [6, 6.07) is 0. The maximum absolute atomic E-state index is 13.0. The number of unbranched alkanes of at least 4 members (excludes halogenated alkanes) is 26. The van der Waals surface area contributed by atoms with Crippen LogP contribution in [0.5, 0.6) is 0 Å². The zero-order chi connectivity index (χ0) is 61.1. The van der Waals surface area contributed by atoms with Crippen molar-refractivity contribution < 1.29 is 80.2 Å². The fraction of sp³-hybridized carbons (Fsp3) is 0.937. The molecule has 0 saturated heterocycles. The zero-order valence-electron chi connectivity index (χ0n) is 53.1. The number of carbonyl (C=O) groups excluding carboxylic acids is 4. The molecular formula is C63H122O17P2. The highest BCUT2D eigenvalue weighted by molar-refractivity contribution is 7.47. The standard InChI is InChI=1S/C63H122O17P2/c1-53(2)39-31-23-15-9-12-18-27-35-43-60(65)73-49-58(79-62(67)45-37-29-20-14-11-17-25-33-41-55(5)6)51-77-81(69,70)75-47-57(64)48-76-82(71,72)78-52-59(80-63(68)46-38-30-22-21-26-34-42-56(7)8)50-74-61(66)44-36-28-19-13-10-16-24-32-40-54(3)4/h53-59,64H,9-52H2,1-8H3,(H,69,70)(H,71,72)/t57?,58-,59-/m1/s1. The monoisotopic (exact) mass is 1210 g/mol. The first-order valence-corrected chi connectivity index (χ1v) is 35.7. The van der Waals surface area contributed by atoms with Crippen molar-refractivity contribution in [1.82, 2.24) is 0 Å². The number of hydrogen-bond donors (Lipinski definition) is 3. The Hall–Kier alpha value is -1.94. The first-order valence-electron chi connectivity index (χ1n) is 32.7. The predicted molar refractivity (Wildman–Crippen MR) is 326 cm³/mol. The average molecular weight is 1210 g/mol. The van der Waals surface area contributed by atoms with E-state index in [1.165, 1.54) is 103 Å². The van der Waals surface area contributed by atoms with Crippen LogP contribution in [0.2, 0.25) is 0 Å². The second kappa shape index (κ2) is 53.3. The Bertz CT molecular complexity index is 1640. The van der Waals surface area contributed by atoms with Gasteiger partial charge in [0.25, 0.3) is 0 Å². The van der Waals surface area contributed by atoms with Gasteiger partial charge in [-0.3, -0.25) is 37.3 Å². The van der Waals surface area contributed by atoms with E-state index in [1.54, 1.807) is 0 Å². The van der Waals surface area contributed by atoms with E-state index in [4.69, 9.17) is 37.0 Å². The smallest absolute Gasteiger partial charge is 0.462 e. The molecule has 0 aromatic heterocycles. The van der Waals surface area contributed by atoms with Crippen LogP contribution < -0.4 is 0 Å². The number of esters is 4. The lowest BCUT2D eigenvalue weighted by Crippen LogP contribution is -2.30. The molecule has 0 aromatic carbocycles. The molecule has 0 aliphatic heterocycles. The van der Waals surface area contributed by atoms with Gasteiger partial charge in [-0.15, -0.1) is 0 Å². The third kappa shape index (κ3) is 57.2. The lowest BCUT2D eigenvalue weighted by Gasteiger charge is -2.21. The van der Waals surface area contributed by atoms with Crippen LogP contribution in [0.3, 0.4) is 0 Å². The van der Waals surface area contributed by atoms with Crippen molar-refractivity contribution in [3.05, 3.63) is 0 Å². The first kappa shape index (κ1) is 80.1. The summed E-state index contributed by atoms with van der Waals surface area (Å²) in [6.45, 7) is 13.9. The molecule has 0 aromatic rings. The van der Waals surface area contributed by atoms with Crippen LogP contribution in [0, 0.1) is 23.7 Å². The number of rotatable bonds is 60. The summed E-state index contributed by atoms with van der Waals surface area (Å²) < 4.78 is 67.9. The van der Waals surface area contributed by atoms with Gasteiger partial charge >= 0.3 is 39.5 Å². The molecule has 82 heavy (non-hydrogen) atoms. The summed E-state index contributed by atoms with van der Waals surface area (Å²) in [5.41, 5.74) is 0. The summed E-state index contributed by atoms with van der Waals surface area (Å²) in [5.74, 6) is 0.695. The highest BCUT2D eigenvalue weighted by Gasteiger charge is 2.30. The lowest BCUT2D eigenvalue weighted by atomic mass is 10.0. The van der Waals surface area contributed by atoms with Gasteiger partial charge in [0, 0.05) is 25.7 Å². The number of aliphatic hydroxyl groups excluding tert-OH is 1. The van der Waals surface area contributed by atoms with Crippen molar-refractivity contribution in [2.45, 2.75) is 318 Å². The number of phosphoric acid groups is 2. The molecule has 19 heteroatoms. The van der Waals surface area contributed by atoms with E-state index < -0.39 is 97.5 Å². The van der Waals surface area contributed by atoms with Crippen LogP contribution in [-0.4, -0.2) is 96.7 Å². The largest absolute Gasteiger partial charge is 0.472 e. The lowest BCUT2D eigenvalue weighted by molar-refractivity contribution is -0.161. The molecule has 3 N–H and O–H groups in total. The van der Waals surface area contributed by atoms with Gasteiger partial charge in [0.15, 0.2) is 12.2 Å². The van der Waals surface area contributed by atoms with Crippen LogP contribution in [-0.2, 0) is 65.4 Å². The van der Waals surface area contributed by atoms with Crippen molar-refractivity contribution in [2.24, 2.45) is 23.7 Å². The third-order valence-electron chi connectivity index (χ3n) is 14.3. The molecule has 0 spiro atoms. The van der Waals surface area contributed by atoms with Crippen molar-refractivity contribution in [2.75, 3.05) is 39.6 Å². The van der Waals surface area contributed by atoms with Gasteiger partial charge in [-0.05, 0) is 49.4 Å². The highest BCUT2D eigenvalue weighted by Crippen LogP contribution is 2.45. The van der Waals surface area contributed by atoms with E-state index in [2.05, 4.69) is 55.4 Å². The van der Waals surface area contributed by atoms with Crippen molar-refractivity contribution in [1.29, 1.82) is 0 Å². The number of ether oxygens (including phenoxy) is 4. The molecule has 0 bridgehead atoms. The van der Waals surface area contributed by atoms with E-state index in [0.717, 1.165) is 108 Å². The molecule has 0 radical (unpaired) electrons. The van der Waals surface area contributed by atoms with Gasteiger partial charge in [-0.25, -0.2) is 9.13 Å². The second-order valence-corrected chi connectivity index (χ2v) is 27.6. The number of phosphoric ester groups is 2. The maximum atomic E-state index is 13.0. The summed E-state index contributed by atoms with van der Waals surface area (Å²) in [6.07, 6.45) is 32.4. The molecule has 0 saturated carbocycles. The minimum absolute atomic E-state index is 0.101. The molecule has 0 aliphatic carbocycles. The number of hydrogen-bond acceptors (Lipinski definition) is 15. The molecule has 0 heterocycles. The molecule has 486 valence electrons. The van der Waals surface area contributed by atoms with Gasteiger partial charge in [0.2, 0.25) is 0 Å². The maximum Gasteiger partial charge on any atom is 0.472 e. The van der Waals surface area contributed by atoms with Gasteiger partial charge in [-0.1, -0.05) is 248 Å². The molecule has 0 amide bonds. The molecule has 5 atom stereocenters.